The molecule has 0 unspecified atom stereocenters. The van der Waals surface area contributed by atoms with Crippen LogP contribution in [0.25, 0.3) is 0 Å². The quantitative estimate of drug-likeness (QED) is 0.338. The lowest BCUT2D eigenvalue weighted by Gasteiger charge is -2.32. The molecule has 0 aliphatic carbocycles. The number of halogens is 3. The minimum atomic E-state index is -0.825. The highest BCUT2D eigenvalue weighted by Crippen LogP contribution is 2.28. The highest BCUT2D eigenvalue weighted by molar-refractivity contribution is 6.36. The van der Waals surface area contributed by atoms with Gasteiger partial charge in [-0.05, 0) is 43.7 Å². The van der Waals surface area contributed by atoms with Gasteiger partial charge in [0.25, 0.3) is 5.91 Å². The van der Waals surface area contributed by atoms with Crippen LogP contribution in [0.1, 0.15) is 25.0 Å². The van der Waals surface area contributed by atoms with Gasteiger partial charge in [-0.3, -0.25) is 9.59 Å². The maximum absolute atomic E-state index is 13.6. The van der Waals surface area contributed by atoms with Crippen molar-refractivity contribution in [1.82, 2.24) is 10.2 Å². The monoisotopic (exact) mass is 532 g/mol. The number of ether oxygens (including phenoxy) is 1. The third-order valence-corrected chi connectivity index (χ3v) is 6.30. The Morgan fingerprint density at radius 1 is 0.857 bits per heavy atom. The molecule has 0 aliphatic heterocycles. The van der Waals surface area contributed by atoms with Gasteiger partial charge in [-0.15, -0.1) is 0 Å². The number of nitrogens with one attached hydrogen (secondary N) is 1. The minimum Gasteiger partial charge on any atom is -0.482 e. The minimum absolute atomic E-state index is 0.0340. The molecule has 0 aliphatic rings. The van der Waals surface area contributed by atoms with Crippen molar-refractivity contribution in [2.45, 2.75) is 38.9 Å². The van der Waals surface area contributed by atoms with Gasteiger partial charge < -0.3 is 15.0 Å². The van der Waals surface area contributed by atoms with Crippen LogP contribution in [0.3, 0.4) is 0 Å². The molecule has 2 amide bonds. The Morgan fingerprint density at radius 3 is 2.09 bits per heavy atom. The standard InChI is InChI=1S/C27H27Cl3N2O3/c1-18(2)31-27(34)24(15-19-9-4-3-5-10-19)32(16-20-21(28)12-8-13-22(20)29)26(33)17-35-25-14-7-6-11-23(25)30/h3-14,18,24H,15-17H2,1-2H3,(H,31,34)/t24-/m0/s1. The van der Waals surface area contributed by atoms with Crippen LogP contribution in [0, 0.1) is 0 Å². The summed E-state index contributed by atoms with van der Waals surface area (Å²) in [6.07, 6.45) is 0.305. The fraction of sp³-hybridized carbons (Fsp3) is 0.259. The van der Waals surface area contributed by atoms with Gasteiger partial charge in [-0.2, -0.15) is 0 Å². The van der Waals surface area contributed by atoms with E-state index in [0.717, 1.165) is 5.56 Å². The van der Waals surface area contributed by atoms with E-state index in [1.165, 1.54) is 4.90 Å². The fourth-order valence-corrected chi connectivity index (χ4v) is 4.28. The Hall–Kier alpha value is -2.73. The normalized spacial score (nSPS) is 11.7. The number of benzene rings is 3. The molecule has 0 saturated carbocycles. The molecular formula is C27H27Cl3N2O3. The number of carbonyl (C=O) groups excluding carboxylic acids is 2. The Kier molecular flexibility index (Phi) is 9.84. The second kappa shape index (κ2) is 12.8. The van der Waals surface area contributed by atoms with Crippen molar-refractivity contribution in [3.8, 4) is 5.75 Å². The van der Waals surface area contributed by atoms with E-state index in [2.05, 4.69) is 5.32 Å². The van der Waals surface area contributed by atoms with E-state index in [0.29, 0.717) is 32.8 Å². The van der Waals surface area contributed by atoms with Crippen LogP contribution in [-0.2, 0) is 22.6 Å². The smallest absolute Gasteiger partial charge is 0.261 e. The lowest BCUT2D eigenvalue weighted by molar-refractivity contribution is -0.143. The summed E-state index contributed by atoms with van der Waals surface area (Å²) in [7, 11) is 0. The molecule has 0 radical (unpaired) electrons. The first kappa shape index (κ1) is 26.9. The molecule has 0 spiro atoms. The van der Waals surface area contributed by atoms with E-state index in [1.54, 1.807) is 42.5 Å². The largest absolute Gasteiger partial charge is 0.482 e. The fourth-order valence-electron chi connectivity index (χ4n) is 3.57. The highest BCUT2D eigenvalue weighted by atomic mass is 35.5. The summed E-state index contributed by atoms with van der Waals surface area (Å²) >= 11 is 19.0. The SMILES string of the molecule is CC(C)NC(=O)[C@H](Cc1ccccc1)N(Cc1c(Cl)cccc1Cl)C(=O)COc1ccccc1Cl. The van der Waals surface area contributed by atoms with Crippen LogP contribution < -0.4 is 10.1 Å². The second-order valence-corrected chi connectivity index (χ2v) is 9.53. The molecular weight excluding hydrogens is 507 g/mol. The molecule has 3 rings (SSSR count). The average Bonchev–Trinajstić information content (AvgIpc) is 2.82. The van der Waals surface area contributed by atoms with Crippen LogP contribution in [0.5, 0.6) is 5.75 Å². The predicted molar refractivity (Wildman–Crippen MR) is 141 cm³/mol. The number of amides is 2. The number of hydrogen-bond donors (Lipinski definition) is 1. The summed E-state index contributed by atoms with van der Waals surface area (Å²) in [5.74, 6) is -0.302. The topological polar surface area (TPSA) is 58.6 Å². The zero-order valence-electron chi connectivity index (χ0n) is 19.5. The third kappa shape index (κ3) is 7.63. The zero-order valence-corrected chi connectivity index (χ0v) is 21.8. The number of nitrogens with zero attached hydrogens (tertiary/aromatic N) is 1. The first-order valence-corrected chi connectivity index (χ1v) is 12.3. The summed E-state index contributed by atoms with van der Waals surface area (Å²) in [5.41, 5.74) is 1.46. The van der Waals surface area contributed by atoms with Gasteiger partial charge >= 0.3 is 0 Å². The molecule has 0 heterocycles. The highest BCUT2D eigenvalue weighted by Gasteiger charge is 2.32. The van der Waals surface area contributed by atoms with Crippen molar-refractivity contribution < 1.29 is 14.3 Å². The van der Waals surface area contributed by atoms with Crippen molar-refractivity contribution in [2.24, 2.45) is 0 Å². The predicted octanol–water partition coefficient (Wildman–Crippen LogP) is 6.19. The average molecular weight is 534 g/mol. The summed E-state index contributed by atoms with van der Waals surface area (Å²) < 4.78 is 5.72. The Labute approximate surface area is 220 Å². The molecule has 0 fully saturated rings. The van der Waals surface area contributed by atoms with Crippen molar-refractivity contribution in [3.05, 3.63) is 99.0 Å². The summed E-state index contributed by atoms with van der Waals surface area (Å²) in [5, 5.41) is 4.14. The molecule has 0 bridgehead atoms. The van der Waals surface area contributed by atoms with E-state index >= 15 is 0 Å². The van der Waals surface area contributed by atoms with Crippen LogP contribution in [-0.4, -0.2) is 35.4 Å². The van der Waals surface area contributed by atoms with Crippen molar-refractivity contribution in [2.75, 3.05) is 6.61 Å². The van der Waals surface area contributed by atoms with Gasteiger partial charge in [0.05, 0.1) is 5.02 Å². The van der Waals surface area contributed by atoms with Gasteiger partial charge in [0, 0.05) is 34.6 Å². The van der Waals surface area contributed by atoms with Crippen molar-refractivity contribution in [1.29, 1.82) is 0 Å². The van der Waals surface area contributed by atoms with E-state index in [4.69, 9.17) is 39.5 Å². The number of rotatable bonds is 10. The Bertz CT molecular complexity index is 1140. The van der Waals surface area contributed by atoms with Crippen LogP contribution in [0.2, 0.25) is 15.1 Å². The van der Waals surface area contributed by atoms with Gasteiger partial charge in [0.1, 0.15) is 11.8 Å². The van der Waals surface area contributed by atoms with Crippen LogP contribution in [0.15, 0.2) is 72.8 Å². The lowest BCUT2D eigenvalue weighted by atomic mass is 10.0. The van der Waals surface area contributed by atoms with Crippen LogP contribution in [0.4, 0.5) is 0 Å². The van der Waals surface area contributed by atoms with E-state index < -0.39 is 11.9 Å². The molecule has 1 atom stereocenters. The molecule has 3 aromatic carbocycles. The molecule has 1 N–H and O–H groups in total. The van der Waals surface area contributed by atoms with E-state index in [1.807, 2.05) is 44.2 Å². The van der Waals surface area contributed by atoms with Gasteiger partial charge in [-0.25, -0.2) is 0 Å². The molecule has 3 aromatic rings. The van der Waals surface area contributed by atoms with Crippen molar-refractivity contribution >= 4 is 46.6 Å². The molecule has 8 heteroatoms. The molecule has 35 heavy (non-hydrogen) atoms. The van der Waals surface area contributed by atoms with Crippen molar-refractivity contribution in [3.63, 3.8) is 0 Å². The van der Waals surface area contributed by atoms with Crippen LogP contribution >= 0.6 is 34.8 Å². The number of hydrogen-bond acceptors (Lipinski definition) is 3. The second-order valence-electron chi connectivity index (χ2n) is 8.31. The number of para-hydroxylation sites is 1. The van der Waals surface area contributed by atoms with Gasteiger partial charge in [-0.1, -0.05) is 83.3 Å². The molecule has 0 aromatic heterocycles. The summed E-state index contributed by atoms with van der Waals surface area (Å²) in [6, 6.07) is 20.6. The Balaban J connectivity index is 1.97. The van der Waals surface area contributed by atoms with E-state index in [9.17, 15) is 9.59 Å². The third-order valence-electron chi connectivity index (χ3n) is 5.28. The number of carbonyl (C=O) groups is 2. The maximum Gasteiger partial charge on any atom is 0.261 e. The van der Waals surface area contributed by atoms with Gasteiger partial charge in [0.2, 0.25) is 5.91 Å². The zero-order chi connectivity index (χ0) is 25.4. The first-order valence-electron chi connectivity index (χ1n) is 11.2. The first-order chi connectivity index (χ1) is 16.8. The Morgan fingerprint density at radius 2 is 1.46 bits per heavy atom. The maximum atomic E-state index is 13.6. The molecule has 184 valence electrons. The van der Waals surface area contributed by atoms with E-state index in [-0.39, 0.29) is 25.1 Å². The molecule has 5 nitrogen and oxygen atoms in total. The molecule has 0 saturated heterocycles. The summed E-state index contributed by atoms with van der Waals surface area (Å²) in [6.45, 7) is 3.46. The lowest BCUT2D eigenvalue weighted by Crippen LogP contribution is -2.52. The summed E-state index contributed by atoms with van der Waals surface area (Å²) in [4.78, 5) is 28.4. The van der Waals surface area contributed by atoms with Gasteiger partial charge in [0.15, 0.2) is 6.61 Å².